The van der Waals surface area contributed by atoms with Crippen molar-refractivity contribution in [3.05, 3.63) is 33.4 Å². The third-order valence-electron chi connectivity index (χ3n) is 9.82. The normalized spacial score (nSPS) is 27.4. The maximum Gasteiger partial charge on any atom is 0.319 e. The van der Waals surface area contributed by atoms with Gasteiger partial charge in [-0.2, -0.15) is 26.7 Å². The van der Waals surface area contributed by atoms with Gasteiger partial charge in [0, 0.05) is 65.8 Å². The summed E-state index contributed by atoms with van der Waals surface area (Å²) >= 11 is 3.18. The smallest absolute Gasteiger partial charge is 0.319 e. The minimum absolute atomic E-state index is 0. The Morgan fingerprint density at radius 2 is 2.07 bits per heavy atom. The van der Waals surface area contributed by atoms with Crippen molar-refractivity contribution in [1.29, 1.82) is 0 Å². The Morgan fingerprint density at radius 1 is 1.22 bits per heavy atom. The third kappa shape index (κ3) is 4.87. The summed E-state index contributed by atoms with van der Waals surface area (Å²) < 4.78 is 66.1. The molecule has 14 heteroatoms. The minimum Gasteiger partial charge on any atom is -0.484 e. The number of rotatable bonds is 5. The number of alkyl halides is 1. The number of nitrogens with zero attached hydrogens (tertiary/aromatic N) is 4. The molecule has 2 aromatic carbocycles. The summed E-state index contributed by atoms with van der Waals surface area (Å²) in [6.45, 7) is 2.31. The van der Waals surface area contributed by atoms with Gasteiger partial charge >= 0.3 is 6.01 Å². The van der Waals surface area contributed by atoms with E-state index >= 15 is 4.39 Å². The van der Waals surface area contributed by atoms with E-state index in [0.717, 1.165) is 43.6 Å². The predicted octanol–water partition coefficient (Wildman–Crippen LogP) is 5.86. The van der Waals surface area contributed by atoms with Gasteiger partial charge < -0.3 is 24.8 Å². The first-order valence-corrected chi connectivity index (χ1v) is 16.9. The first-order chi connectivity index (χ1) is 21.3. The molecular weight excluding hydrogens is 846 g/mol. The average Bonchev–Trinajstić information content (AvgIpc) is 3.26. The van der Waals surface area contributed by atoms with Crippen molar-refractivity contribution in [1.82, 2.24) is 14.9 Å². The van der Waals surface area contributed by atoms with E-state index < -0.39 is 23.3 Å². The number of ether oxygens (including phenoxy) is 3. The Labute approximate surface area is 308 Å². The summed E-state index contributed by atoms with van der Waals surface area (Å²) in [6, 6.07) is 6.05. The molecule has 4 aliphatic heterocycles. The van der Waals surface area contributed by atoms with Crippen molar-refractivity contribution in [2.75, 3.05) is 43.5 Å². The van der Waals surface area contributed by atoms with Crippen LogP contribution in [0.1, 0.15) is 32.1 Å². The van der Waals surface area contributed by atoms with E-state index in [1.54, 1.807) is 6.07 Å². The molecule has 0 radical (unpaired) electrons. The first-order valence-electron chi connectivity index (χ1n) is 15.0. The molecule has 45 heavy (non-hydrogen) atoms. The molecule has 4 atom stereocenters. The van der Waals surface area contributed by atoms with Crippen LogP contribution in [-0.2, 0) is 4.74 Å². The fourth-order valence-electron chi connectivity index (χ4n) is 7.73. The van der Waals surface area contributed by atoms with Gasteiger partial charge in [0.05, 0.1) is 39.6 Å². The van der Waals surface area contributed by atoms with Gasteiger partial charge in [-0.25, -0.2) is 13.2 Å². The molecule has 3 saturated heterocycles. The minimum atomic E-state index is -0.900. The van der Waals surface area contributed by atoms with Gasteiger partial charge in [-0.05, 0) is 71.1 Å². The van der Waals surface area contributed by atoms with Gasteiger partial charge in [-0.1, -0.05) is 0 Å². The van der Waals surface area contributed by atoms with E-state index in [4.69, 9.17) is 24.9 Å². The van der Waals surface area contributed by atoms with Gasteiger partial charge in [-0.3, -0.25) is 4.90 Å². The Morgan fingerprint density at radius 3 is 2.89 bits per heavy atom. The van der Waals surface area contributed by atoms with Crippen LogP contribution >= 0.6 is 33.9 Å². The van der Waals surface area contributed by atoms with E-state index in [9.17, 15) is 8.78 Å². The second-order valence-electron chi connectivity index (χ2n) is 12.5. The molecular formula is C31H28CeF3IN5O3S-. The zero-order valence-corrected chi connectivity index (χ0v) is 30.2. The number of thiophene rings is 1. The summed E-state index contributed by atoms with van der Waals surface area (Å²) in [5.41, 5.74) is 6.36. The van der Waals surface area contributed by atoms with Crippen molar-refractivity contribution in [2.45, 2.75) is 62.0 Å². The van der Waals surface area contributed by atoms with Crippen molar-refractivity contribution in [3.8, 4) is 22.9 Å². The van der Waals surface area contributed by atoms with Crippen LogP contribution in [0.4, 0.5) is 24.0 Å². The maximum atomic E-state index is 17.1. The first kappa shape index (κ1) is 31.1. The monoisotopic (exact) mass is 874 g/mol. The number of benzene rings is 2. The Bertz CT molecular complexity index is 1860. The topological polar surface area (TPSA) is 86.0 Å². The molecule has 9 rings (SSSR count). The molecule has 0 amide bonds. The zero-order chi connectivity index (χ0) is 29.9. The van der Waals surface area contributed by atoms with Gasteiger partial charge in [0.15, 0.2) is 0 Å². The van der Waals surface area contributed by atoms with Crippen LogP contribution in [-0.4, -0.2) is 77.7 Å². The molecule has 0 spiro atoms. The fraction of sp³-hybridized carbons (Fsp3) is 0.484. The van der Waals surface area contributed by atoms with Gasteiger partial charge in [-0.15, -0.1) is 17.7 Å². The summed E-state index contributed by atoms with van der Waals surface area (Å²) in [4.78, 5) is 14.0. The molecule has 2 N–H and O–H groups in total. The van der Waals surface area contributed by atoms with Crippen molar-refractivity contribution in [3.63, 3.8) is 0 Å². The number of nitrogen functional groups attached to an aromatic ring is 1. The van der Waals surface area contributed by atoms with E-state index in [1.807, 2.05) is 0 Å². The standard InChI is InChI=1S/C31H28F3IN5O3S.Ce/c32-14-9-31(6-1-7-39(31)10-14)13-42-30-37-26-23-27(43-20-12-41-11-19(20)40(15-2-3-15)29(23)38-30)25(35)22(24(26)34)16-4-5-18(33)28-17(16)8-21(36)44-28;/h4-5,14-15,19-20H,1-3,6-7,9-13,36H2;/q-1;/t14-,19?,20?,31+;/m1./s1. The summed E-state index contributed by atoms with van der Waals surface area (Å²) in [7, 11) is 0. The molecule has 8 nitrogen and oxygen atoms in total. The SMILES string of the molecule is Nc1[c-]c2c(-c3c(I)c4c5c(nc(OC[C@@]67CCCN6C[C@H](F)C7)nc5c3F)N(C3CC3)C3COCC3O4)ccc(F)c2s1.[Ce]. The number of fused-ring (bicyclic) bond motifs is 3. The molecule has 4 fully saturated rings. The predicted molar refractivity (Wildman–Crippen MR) is 169 cm³/mol. The Hall–Kier alpha value is -1.24. The molecule has 1 aliphatic carbocycles. The van der Waals surface area contributed by atoms with Crippen LogP contribution in [0.15, 0.2) is 12.1 Å². The second-order valence-corrected chi connectivity index (χ2v) is 14.7. The van der Waals surface area contributed by atoms with Crippen LogP contribution in [0.5, 0.6) is 11.8 Å². The molecule has 234 valence electrons. The van der Waals surface area contributed by atoms with Crippen LogP contribution in [0.3, 0.4) is 0 Å². The summed E-state index contributed by atoms with van der Waals surface area (Å²) in [5.74, 6) is 0.0108. The Kier molecular flexibility index (Phi) is 7.89. The van der Waals surface area contributed by atoms with Gasteiger partial charge in [0.25, 0.3) is 0 Å². The van der Waals surface area contributed by atoms with E-state index in [2.05, 4.69) is 43.4 Å². The summed E-state index contributed by atoms with van der Waals surface area (Å²) in [6.07, 6.45) is 2.98. The number of hydrogen-bond donors (Lipinski definition) is 1. The van der Waals surface area contributed by atoms with Crippen molar-refractivity contribution in [2.24, 2.45) is 0 Å². The molecule has 4 aromatic rings. The number of nitrogens with two attached hydrogens (primary N) is 1. The van der Waals surface area contributed by atoms with Gasteiger partial charge in [0.2, 0.25) is 0 Å². The van der Waals surface area contributed by atoms with E-state index in [-0.39, 0.29) is 83.6 Å². The fourth-order valence-corrected chi connectivity index (χ4v) is 9.46. The molecule has 5 aliphatic rings. The van der Waals surface area contributed by atoms with Crippen molar-refractivity contribution >= 4 is 65.7 Å². The van der Waals surface area contributed by atoms with E-state index in [1.165, 1.54) is 6.07 Å². The van der Waals surface area contributed by atoms with Crippen LogP contribution in [0.25, 0.3) is 32.1 Å². The number of anilines is 2. The van der Waals surface area contributed by atoms with E-state index in [0.29, 0.717) is 67.4 Å². The van der Waals surface area contributed by atoms with Crippen LogP contribution in [0, 0.1) is 63.0 Å². The number of aromatic nitrogens is 2. The van der Waals surface area contributed by atoms with Crippen LogP contribution in [0.2, 0.25) is 0 Å². The quantitative estimate of drug-likeness (QED) is 0.198. The molecule has 1 saturated carbocycles. The second kappa shape index (κ2) is 11.4. The van der Waals surface area contributed by atoms with Crippen LogP contribution < -0.4 is 20.1 Å². The third-order valence-corrected chi connectivity index (χ3v) is 11.8. The number of hydrogen-bond acceptors (Lipinski definition) is 9. The average molecular weight is 875 g/mol. The van der Waals surface area contributed by atoms with Crippen molar-refractivity contribution < 1.29 is 69.1 Å². The van der Waals surface area contributed by atoms with Gasteiger partial charge in [0.1, 0.15) is 41.8 Å². The number of halogens is 4. The molecule has 6 heterocycles. The zero-order valence-electron chi connectivity index (χ0n) is 24.0. The molecule has 2 unspecified atom stereocenters. The molecule has 0 bridgehead atoms. The Balaban J connectivity index is 0.00000300. The summed E-state index contributed by atoms with van der Waals surface area (Å²) in [5, 5.41) is 1.20. The molecule has 2 aromatic heterocycles. The maximum absolute atomic E-state index is 17.1. The largest absolute Gasteiger partial charge is 0.484 e.